The third-order valence-electron chi connectivity index (χ3n) is 21.2. The number of hydrogen-bond donors (Lipinski definition) is 0. The maximum Gasteiger partial charge on any atom is 0.404 e. The smallest absolute Gasteiger partial charge is 0.404 e. The lowest BCUT2D eigenvalue weighted by atomic mass is 10.1. The lowest BCUT2D eigenvalue weighted by Crippen LogP contribution is -2.71. The average molecular weight is 1430 g/mol. The molecule has 14 aromatic rings. The molecule has 0 bridgehead atoms. The highest BCUT2D eigenvalue weighted by molar-refractivity contribution is 6.21. The van der Waals surface area contributed by atoms with Crippen LogP contribution >= 0.6 is 0 Å². The third-order valence-corrected chi connectivity index (χ3v) is 21.2. The summed E-state index contributed by atoms with van der Waals surface area (Å²) < 4.78 is 56.7. The van der Waals surface area contributed by atoms with Gasteiger partial charge < -0.3 is 57.5 Å². The molecule has 1 atom stereocenters. The first-order valence-electron chi connectivity index (χ1n) is 35.6. The molecule has 0 saturated carbocycles. The number of ether oxygens (including phenoxy) is 8. The molecule has 20 nitrogen and oxygen atoms in total. The summed E-state index contributed by atoms with van der Waals surface area (Å²) >= 11 is 0. The van der Waals surface area contributed by atoms with Crippen molar-refractivity contribution in [3.63, 3.8) is 0 Å². The molecule has 0 N–H and O–H groups in total. The van der Waals surface area contributed by atoms with E-state index in [2.05, 4.69) is 159 Å². The van der Waals surface area contributed by atoms with Crippen LogP contribution in [0.25, 0.3) is 21.5 Å². The van der Waals surface area contributed by atoms with Gasteiger partial charge in [0.15, 0.2) is 0 Å². The number of amidine groups is 4. The van der Waals surface area contributed by atoms with Crippen LogP contribution < -0.4 is 68.5 Å². The van der Waals surface area contributed by atoms with E-state index in [1.54, 1.807) is 56.9 Å². The number of anilines is 12. The second kappa shape index (κ2) is 24.9. The lowest BCUT2D eigenvalue weighted by molar-refractivity contribution is -0.790. The fourth-order valence-corrected chi connectivity index (χ4v) is 16.4. The largest absolute Gasteiger partial charge is 0.497 e. The number of fused-ring (bicyclic) bond motifs is 12. The molecule has 6 aliphatic rings. The Morgan fingerprint density at radius 1 is 0.248 bits per heavy atom. The van der Waals surface area contributed by atoms with Crippen LogP contribution in [0.5, 0.6) is 46.0 Å². The van der Waals surface area contributed by atoms with E-state index in [4.69, 9.17) is 57.9 Å². The molecule has 0 radical (unpaired) electrons. The van der Waals surface area contributed by atoms with Crippen molar-refractivity contribution in [2.45, 2.75) is 5.91 Å². The van der Waals surface area contributed by atoms with Crippen molar-refractivity contribution in [1.82, 2.24) is 9.13 Å². The number of benzene rings is 12. The molecule has 2 aromatic heterocycles. The van der Waals surface area contributed by atoms with E-state index in [1.807, 2.05) is 146 Å². The van der Waals surface area contributed by atoms with Crippen LogP contribution in [0.2, 0.25) is 0 Å². The quantitative estimate of drug-likeness (QED) is 0.0668. The molecule has 0 amide bonds. The molecule has 12 aromatic carbocycles. The van der Waals surface area contributed by atoms with E-state index in [0.29, 0.717) is 91.9 Å². The van der Waals surface area contributed by atoms with Gasteiger partial charge >= 0.3 is 5.91 Å². The van der Waals surface area contributed by atoms with Crippen LogP contribution in [0.3, 0.4) is 0 Å². The number of methoxy groups -OCH3 is 8. The average Bonchev–Trinajstić information content (AvgIpc) is 1.47. The Hall–Kier alpha value is -14.4. The highest BCUT2D eigenvalue weighted by Gasteiger charge is 2.70. The zero-order valence-corrected chi connectivity index (χ0v) is 60.5. The van der Waals surface area contributed by atoms with Crippen molar-refractivity contribution in [1.29, 1.82) is 0 Å². The van der Waals surface area contributed by atoms with Crippen molar-refractivity contribution < 1.29 is 47.0 Å². The van der Waals surface area contributed by atoms with Crippen molar-refractivity contribution in [2.75, 3.05) is 76.5 Å². The summed E-state index contributed by atoms with van der Waals surface area (Å²) in [5.41, 5.74) is 15.1. The van der Waals surface area contributed by atoms with E-state index in [9.17, 15) is 0 Å². The molecule has 20 rings (SSSR count). The van der Waals surface area contributed by atoms with E-state index >= 15 is 0 Å². The molecular weight excluding hydrogens is 1370 g/mol. The van der Waals surface area contributed by atoms with Gasteiger partial charge in [-0.15, -0.1) is 9.15 Å². The summed E-state index contributed by atoms with van der Waals surface area (Å²) in [6.45, 7) is 0. The monoisotopic (exact) mass is 1430 g/mol. The predicted molar refractivity (Wildman–Crippen MR) is 425 cm³/mol. The highest BCUT2D eigenvalue weighted by Crippen LogP contribution is 2.56. The maximum absolute atomic E-state index is 6.06. The van der Waals surface area contributed by atoms with Crippen molar-refractivity contribution in [3.8, 4) is 46.0 Å². The highest BCUT2D eigenvalue weighted by atomic mass is 16.5. The Labute approximate surface area is 626 Å². The van der Waals surface area contributed by atoms with Gasteiger partial charge in [-0.2, -0.15) is 9.13 Å². The minimum atomic E-state index is -1.48. The van der Waals surface area contributed by atoms with Gasteiger partial charge in [-0.3, -0.25) is 0 Å². The molecule has 530 valence electrons. The van der Waals surface area contributed by atoms with Crippen LogP contribution in [-0.4, -0.2) is 98.5 Å². The molecular formula is C89H68N12O8+2. The minimum absolute atomic E-state index is 0.669. The van der Waals surface area contributed by atoms with Gasteiger partial charge in [0.2, 0.25) is 22.6 Å². The van der Waals surface area contributed by atoms with Crippen LogP contribution in [-0.2, 0) is 5.91 Å². The topological polar surface area (TPSA) is 152 Å². The number of aliphatic imine (C=N–C) groups is 2. The first-order valence-corrected chi connectivity index (χ1v) is 35.6. The zero-order chi connectivity index (χ0) is 73.5. The zero-order valence-electron chi connectivity index (χ0n) is 60.5. The lowest BCUT2D eigenvalue weighted by Gasteiger charge is -2.40. The van der Waals surface area contributed by atoms with Gasteiger partial charge in [0.05, 0.1) is 79.1 Å². The molecule has 1 unspecified atom stereocenters. The van der Waals surface area contributed by atoms with Gasteiger partial charge in [-0.25, -0.2) is 0 Å². The van der Waals surface area contributed by atoms with Crippen LogP contribution in [0.4, 0.5) is 79.9 Å². The first-order chi connectivity index (χ1) is 53.6. The fourth-order valence-electron chi connectivity index (χ4n) is 16.4. The second-order valence-electron chi connectivity index (χ2n) is 26.9. The van der Waals surface area contributed by atoms with E-state index < -0.39 is 5.91 Å². The summed E-state index contributed by atoms with van der Waals surface area (Å²) in [7, 11) is 13.5. The summed E-state index contributed by atoms with van der Waals surface area (Å²) in [6, 6.07) is 91.1. The standard InChI is InChI=1S/C89H68N12O8/c1-102-65-25-9-17-53(41-65)94(54-18-10-26-66(42-54)103-2)61-33-37-73-77(49-61)85-90-82-74-38-34-62(95(55-19-11-27-67(43-55)104-3)56-20-12-28-68(44-56)105-4)50-78(74)87-92-84-76-40-36-64(97(59-23-15-31-71(47-59)108-7)60-24-16-32-72(48-60)109-8)52-80(76)88-93-83-75-39-35-63(51-79(75)86-91-81(73)98(85)89(99(82)87,100(83)86)101(84)88)96(57-21-13-29-69(45-57)106-5)58-22-14-30-70(46-58)107-6/h9-52H,1-8H3/q+2. The molecule has 8 heterocycles. The van der Waals surface area contributed by atoms with Crippen LogP contribution in [0.1, 0.15) is 22.3 Å². The SMILES string of the molecule is COc1cccc(N(c2cccc(OC)c2)c2ccc3c(c2)C2=Nc4c5ccc(N(c6cccc(OC)c6)c6cccc(OC)c6)cc5c5n4C46n7c(c8ccc(N(c9cccc(OC)c9)c9cccc(OC)c9)cc8c7=NC3=[N+]24)=NC2=[N+]6C(=N5)c3ccc(N(c4cccc(OC)c4)c4cccc(OC)c4)cc32)c1. The number of nitrogens with zero attached hydrogens (tertiary/aromatic N) is 12. The third kappa shape index (κ3) is 9.63. The second-order valence-corrected chi connectivity index (χ2v) is 26.9. The molecule has 1 spiro atoms. The number of rotatable bonds is 20. The Kier molecular flexibility index (Phi) is 14.7. The van der Waals surface area contributed by atoms with E-state index in [-0.39, 0.29) is 0 Å². The molecule has 0 saturated heterocycles. The first kappa shape index (κ1) is 64.2. The molecule has 0 fully saturated rings. The van der Waals surface area contributed by atoms with Crippen molar-refractivity contribution in [3.05, 3.63) is 300 Å². The van der Waals surface area contributed by atoms with Gasteiger partial charge in [-0.1, -0.05) is 68.5 Å². The van der Waals surface area contributed by atoms with Crippen molar-refractivity contribution in [2.24, 2.45) is 20.0 Å². The number of hydrogen-bond acceptors (Lipinski definition) is 16. The molecule has 6 aliphatic heterocycles. The molecule has 109 heavy (non-hydrogen) atoms. The Morgan fingerprint density at radius 3 is 0.908 bits per heavy atom. The van der Waals surface area contributed by atoms with Gasteiger partial charge in [0, 0.05) is 138 Å². The Morgan fingerprint density at radius 2 is 0.532 bits per heavy atom. The van der Waals surface area contributed by atoms with Crippen LogP contribution in [0, 0.1) is 0 Å². The van der Waals surface area contributed by atoms with Crippen LogP contribution in [0.15, 0.2) is 287 Å². The minimum Gasteiger partial charge on any atom is -0.497 e. The normalized spacial score (nSPS) is 14.6. The van der Waals surface area contributed by atoms with E-state index in [1.165, 1.54) is 0 Å². The number of aromatic nitrogens is 2. The molecule has 20 heteroatoms. The van der Waals surface area contributed by atoms with Gasteiger partial charge in [0.1, 0.15) is 46.0 Å². The Balaban J connectivity index is 0.914. The predicted octanol–water partition coefficient (Wildman–Crippen LogP) is 17.7. The van der Waals surface area contributed by atoms with Crippen molar-refractivity contribution >= 4 is 125 Å². The van der Waals surface area contributed by atoms with E-state index in [0.717, 1.165) is 112 Å². The molecule has 0 aliphatic carbocycles. The summed E-state index contributed by atoms with van der Waals surface area (Å²) in [5, 5.41) is 3.43. The van der Waals surface area contributed by atoms with Gasteiger partial charge in [-0.05, 0) is 170 Å². The Bertz CT molecular complexity index is 6320. The fraction of sp³-hybridized carbons (Fsp3) is 0.101. The summed E-state index contributed by atoms with van der Waals surface area (Å²) in [6.07, 6.45) is 0. The summed E-state index contributed by atoms with van der Waals surface area (Å²) in [5.74, 6) is 8.18. The maximum atomic E-state index is 6.06. The van der Waals surface area contributed by atoms with Gasteiger partial charge in [0.25, 0.3) is 23.3 Å². The summed E-state index contributed by atoms with van der Waals surface area (Å²) in [4.78, 5) is 33.1.